The number of hydrogen-bond acceptors (Lipinski definition) is 5. The fraction of sp³-hybridized carbons (Fsp3) is 0.600. The van der Waals surface area contributed by atoms with Crippen LogP contribution in [0.1, 0.15) is 12.5 Å². The third-order valence-electron chi connectivity index (χ3n) is 3.98. The molecule has 1 heterocycles. The number of nitrogens with zero attached hydrogens (tertiary/aromatic N) is 1. The number of nitrogens with two attached hydrogens (primary N) is 1. The summed E-state index contributed by atoms with van der Waals surface area (Å²) in [6.45, 7) is 5.88. The van der Waals surface area contributed by atoms with Crippen LogP contribution in [0.3, 0.4) is 0 Å². The highest BCUT2D eigenvalue weighted by Gasteiger charge is 2.27. The molecule has 21 heavy (non-hydrogen) atoms. The van der Waals surface area contributed by atoms with Crippen LogP contribution in [0.5, 0.6) is 5.75 Å². The molecule has 0 radical (unpaired) electrons. The van der Waals surface area contributed by atoms with Crippen LogP contribution in [0, 0.1) is 0 Å². The lowest BCUT2D eigenvalue weighted by Crippen LogP contribution is -2.54. The molecule has 1 aliphatic rings. The van der Waals surface area contributed by atoms with Crippen molar-refractivity contribution < 1.29 is 9.47 Å². The topological polar surface area (TPSA) is 59.8 Å². The molecule has 1 aromatic rings. The van der Waals surface area contributed by atoms with Crippen LogP contribution < -0.4 is 16.0 Å². The molecule has 1 aromatic carbocycles. The molecule has 1 saturated heterocycles. The third-order valence-corrected chi connectivity index (χ3v) is 4.75. The first-order chi connectivity index (χ1) is 10.2. The van der Waals surface area contributed by atoms with Crippen LogP contribution in [0.4, 0.5) is 0 Å². The molecule has 0 aromatic heterocycles. The van der Waals surface area contributed by atoms with Crippen LogP contribution >= 0.6 is 15.9 Å². The number of ether oxygens (including phenoxy) is 2. The zero-order chi connectivity index (χ0) is 15.2. The first-order valence-electron chi connectivity index (χ1n) is 7.30. The standard InChI is InChI=1S/C15H24BrN3O2/c1-3-19-6-7-21-15(10-19)14(18-17)9-11-8-12(20-2)4-5-13(11)16/h4-5,8,14-15,18H,3,6-7,9-10,17H2,1-2H3. The van der Waals surface area contributed by atoms with Crippen molar-refractivity contribution in [2.24, 2.45) is 5.84 Å². The Balaban J connectivity index is 2.08. The third kappa shape index (κ3) is 4.40. The fourth-order valence-electron chi connectivity index (χ4n) is 2.63. The van der Waals surface area contributed by atoms with E-state index in [9.17, 15) is 0 Å². The fourth-order valence-corrected chi connectivity index (χ4v) is 3.04. The maximum Gasteiger partial charge on any atom is 0.119 e. The molecule has 0 spiro atoms. The van der Waals surface area contributed by atoms with Gasteiger partial charge in [0.15, 0.2) is 0 Å². The summed E-state index contributed by atoms with van der Waals surface area (Å²) < 4.78 is 12.3. The Kier molecular flexibility index (Phi) is 6.44. The number of halogens is 1. The summed E-state index contributed by atoms with van der Waals surface area (Å²) in [6, 6.07) is 6.05. The Hall–Kier alpha value is -0.660. The van der Waals surface area contributed by atoms with Crippen molar-refractivity contribution in [2.75, 3.05) is 33.4 Å². The van der Waals surface area contributed by atoms with Gasteiger partial charge in [-0.15, -0.1) is 0 Å². The molecule has 118 valence electrons. The molecule has 0 amide bonds. The summed E-state index contributed by atoms with van der Waals surface area (Å²) in [5, 5.41) is 0. The van der Waals surface area contributed by atoms with Gasteiger partial charge in [0, 0.05) is 17.6 Å². The average Bonchev–Trinajstić information content (AvgIpc) is 2.54. The first-order valence-corrected chi connectivity index (χ1v) is 8.09. The van der Waals surface area contributed by atoms with E-state index in [1.807, 2.05) is 18.2 Å². The van der Waals surface area contributed by atoms with Crippen molar-refractivity contribution in [3.8, 4) is 5.75 Å². The Morgan fingerprint density at radius 2 is 2.38 bits per heavy atom. The molecule has 1 aliphatic heterocycles. The normalized spacial score (nSPS) is 21.2. The van der Waals surface area contributed by atoms with Gasteiger partial charge in [-0.1, -0.05) is 22.9 Å². The highest BCUT2D eigenvalue weighted by atomic mass is 79.9. The molecule has 2 rings (SSSR count). The molecule has 6 heteroatoms. The molecule has 2 unspecified atom stereocenters. The van der Waals surface area contributed by atoms with Crippen LogP contribution in [-0.2, 0) is 11.2 Å². The number of morpholine rings is 1. The van der Waals surface area contributed by atoms with E-state index in [4.69, 9.17) is 15.3 Å². The Labute approximate surface area is 134 Å². The summed E-state index contributed by atoms with van der Waals surface area (Å²) in [5.74, 6) is 6.61. The van der Waals surface area contributed by atoms with Gasteiger partial charge in [-0.2, -0.15) is 0 Å². The number of hydrazine groups is 1. The molecule has 0 saturated carbocycles. The van der Waals surface area contributed by atoms with Crippen LogP contribution in [0.2, 0.25) is 0 Å². The van der Waals surface area contributed by atoms with E-state index in [-0.39, 0.29) is 12.1 Å². The van der Waals surface area contributed by atoms with Crippen molar-refractivity contribution in [2.45, 2.75) is 25.5 Å². The average molecular weight is 358 g/mol. The van der Waals surface area contributed by atoms with Crippen LogP contribution in [0.15, 0.2) is 22.7 Å². The predicted octanol–water partition coefficient (Wildman–Crippen LogP) is 1.55. The second-order valence-electron chi connectivity index (χ2n) is 5.24. The highest BCUT2D eigenvalue weighted by Crippen LogP contribution is 2.25. The van der Waals surface area contributed by atoms with Crippen LogP contribution in [0.25, 0.3) is 0 Å². The SMILES string of the molecule is CCN1CCOC(C(Cc2cc(OC)ccc2Br)NN)C1. The molecule has 1 fully saturated rings. The Morgan fingerprint density at radius 1 is 1.57 bits per heavy atom. The van der Waals surface area contributed by atoms with Crippen molar-refractivity contribution >= 4 is 15.9 Å². The van der Waals surface area contributed by atoms with Crippen LogP contribution in [-0.4, -0.2) is 50.4 Å². The first kappa shape index (κ1) is 16.7. The van der Waals surface area contributed by atoms with E-state index in [1.165, 1.54) is 0 Å². The highest BCUT2D eigenvalue weighted by molar-refractivity contribution is 9.10. The lowest BCUT2D eigenvalue weighted by Gasteiger charge is -2.36. The number of likely N-dealkylation sites (N-methyl/N-ethyl adjacent to an activating group) is 1. The lowest BCUT2D eigenvalue weighted by atomic mass is 10.0. The van der Waals surface area contributed by atoms with E-state index in [0.717, 1.165) is 48.4 Å². The second kappa shape index (κ2) is 8.10. The predicted molar refractivity (Wildman–Crippen MR) is 87.4 cm³/mol. The maximum absolute atomic E-state index is 5.90. The summed E-state index contributed by atoms with van der Waals surface area (Å²) in [4.78, 5) is 2.39. The van der Waals surface area contributed by atoms with Crippen molar-refractivity contribution in [3.05, 3.63) is 28.2 Å². The molecule has 0 aliphatic carbocycles. The van der Waals surface area contributed by atoms with E-state index in [0.29, 0.717) is 0 Å². The molecule has 5 nitrogen and oxygen atoms in total. The van der Waals surface area contributed by atoms with E-state index in [1.54, 1.807) is 7.11 Å². The molecule has 0 bridgehead atoms. The number of methoxy groups -OCH3 is 1. The summed E-state index contributed by atoms with van der Waals surface area (Å²) in [6.07, 6.45) is 0.887. The summed E-state index contributed by atoms with van der Waals surface area (Å²) in [7, 11) is 1.68. The second-order valence-corrected chi connectivity index (χ2v) is 6.09. The number of nitrogens with one attached hydrogen (secondary N) is 1. The minimum Gasteiger partial charge on any atom is -0.497 e. The van der Waals surface area contributed by atoms with Gasteiger partial charge in [-0.25, -0.2) is 0 Å². The monoisotopic (exact) mass is 357 g/mol. The Bertz CT molecular complexity index is 459. The molecule has 2 atom stereocenters. The van der Waals surface area contributed by atoms with Gasteiger partial charge in [-0.05, 0) is 36.7 Å². The molecular formula is C15H24BrN3O2. The van der Waals surface area contributed by atoms with Gasteiger partial charge >= 0.3 is 0 Å². The number of hydrogen-bond donors (Lipinski definition) is 2. The van der Waals surface area contributed by atoms with Crippen molar-refractivity contribution in [1.29, 1.82) is 0 Å². The number of rotatable bonds is 6. The van der Waals surface area contributed by atoms with Crippen molar-refractivity contribution in [1.82, 2.24) is 10.3 Å². The zero-order valence-corrected chi connectivity index (χ0v) is 14.2. The summed E-state index contributed by atoms with van der Waals surface area (Å²) in [5.41, 5.74) is 4.08. The van der Waals surface area contributed by atoms with Gasteiger partial charge in [0.25, 0.3) is 0 Å². The minimum absolute atomic E-state index is 0.0720. The summed E-state index contributed by atoms with van der Waals surface area (Å²) >= 11 is 3.59. The Morgan fingerprint density at radius 3 is 3.05 bits per heavy atom. The van der Waals surface area contributed by atoms with Gasteiger partial charge in [-0.3, -0.25) is 16.2 Å². The maximum atomic E-state index is 5.90. The van der Waals surface area contributed by atoms with Gasteiger partial charge in [0.2, 0.25) is 0 Å². The largest absolute Gasteiger partial charge is 0.497 e. The lowest BCUT2D eigenvalue weighted by molar-refractivity contribution is -0.0448. The van der Waals surface area contributed by atoms with Gasteiger partial charge in [0.1, 0.15) is 5.75 Å². The van der Waals surface area contributed by atoms with E-state index in [2.05, 4.69) is 33.2 Å². The van der Waals surface area contributed by atoms with Gasteiger partial charge < -0.3 is 9.47 Å². The quantitative estimate of drug-likeness (QED) is 0.597. The minimum atomic E-state index is 0.0720. The van der Waals surface area contributed by atoms with Gasteiger partial charge in [0.05, 0.1) is 25.9 Å². The number of benzene rings is 1. The zero-order valence-electron chi connectivity index (χ0n) is 12.6. The van der Waals surface area contributed by atoms with E-state index < -0.39 is 0 Å². The molecule has 3 N–H and O–H groups in total. The smallest absolute Gasteiger partial charge is 0.119 e. The van der Waals surface area contributed by atoms with Crippen molar-refractivity contribution in [3.63, 3.8) is 0 Å². The molecular weight excluding hydrogens is 334 g/mol. The van der Waals surface area contributed by atoms with E-state index >= 15 is 0 Å².